The summed E-state index contributed by atoms with van der Waals surface area (Å²) in [7, 11) is 2.77. The Bertz CT molecular complexity index is 2320. The average molecular weight is 804 g/mol. The standard InChI is InChI=1S/C39H37F4N9O6/c1-44-35(54)24-7-9-45-20-30(24)47-28-18-33(46-19-26(28)39(41,42)43)48-29-17-27(40)21(15-32(29)58-2)8-10-50-11-13-51(14-12-50)22-3-4-23-25(16-22)38(57)52(37(23)56)31-5-6-34(53)49-36(31)55/h3-4,7,9,15-20,31H,5-6,8,10-14H2,1-2H3,(H,44,54)(H2,46,47,48)(H,49,53,55). The molecule has 2 aromatic heterocycles. The molecule has 2 aromatic carbocycles. The van der Waals surface area contributed by atoms with Crippen LogP contribution >= 0.6 is 0 Å². The highest BCUT2D eigenvalue weighted by atomic mass is 19.4. The number of nitrogens with zero attached hydrogens (tertiary/aromatic N) is 5. The minimum Gasteiger partial charge on any atom is -0.495 e. The maximum absolute atomic E-state index is 15.6. The highest BCUT2D eigenvalue weighted by Crippen LogP contribution is 2.39. The topological polar surface area (TPSA) is 178 Å². The summed E-state index contributed by atoms with van der Waals surface area (Å²) in [4.78, 5) is 75.7. The van der Waals surface area contributed by atoms with Crippen molar-refractivity contribution in [3.05, 3.63) is 94.7 Å². The van der Waals surface area contributed by atoms with Gasteiger partial charge >= 0.3 is 6.18 Å². The Labute approximate surface area is 328 Å². The average Bonchev–Trinajstić information content (AvgIpc) is 3.45. The number of ether oxygens (including phenoxy) is 1. The third-order valence-electron chi connectivity index (χ3n) is 10.3. The van der Waals surface area contributed by atoms with Crippen LogP contribution in [0.2, 0.25) is 0 Å². The van der Waals surface area contributed by atoms with Crippen LogP contribution in [0.5, 0.6) is 5.75 Å². The zero-order chi connectivity index (χ0) is 41.3. The van der Waals surface area contributed by atoms with Gasteiger partial charge in [0.05, 0.1) is 52.6 Å². The van der Waals surface area contributed by atoms with E-state index in [0.717, 1.165) is 16.7 Å². The number of fused-ring (bicyclic) bond motifs is 1. The molecule has 1 atom stereocenters. The molecule has 0 spiro atoms. The Balaban J connectivity index is 0.989. The van der Waals surface area contributed by atoms with E-state index < -0.39 is 58.8 Å². The molecule has 7 rings (SSSR count). The molecule has 2 saturated heterocycles. The number of alkyl halides is 3. The molecule has 3 aliphatic rings. The van der Waals surface area contributed by atoms with Crippen molar-refractivity contribution in [2.45, 2.75) is 31.5 Å². The summed E-state index contributed by atoms with van der Waals surface area (Å²) in [5, 5.41) is 10.1. The zero-order valence-corrected chi connectivity index (χ0v) is 31.2. The van der Waals surface area contributed by atoms with Gasteiger partial charge in [0.25, 0.3) is 17.7 Å². The normalized spacial score (nSPS) is 17.2. The summed E-state index contributed by atoms with van der Waals surface area (Å²) < 4.78 is 63.1. The predicted octanol–water partition coefficient (Wildman–Crippen LogP) is 4.26. The number of hydrogen-bond acceptors (Lipinski definition) is 12. The molecule has 4 aromatic rings. The Kier molecular flexibility index (Phi) is 11.0. The lowest BCUT2D eigenvalue weighted by atomic mass is 10.0. The number of hydrogen-bond donors (Lipinski definition) is 4. The van der Waals surface area contributed by atoms with E-state index in [2.05, 4.69) is 41.0 Å². The summed E-state index contributed by atoms with van der Waals surface area (Å²) in [5.74, 6) is -3.21. The van der Waals surface area contributed by atoms with Crippen molar-refractivity contribution in [3.8, 4) is 5.75 Å². The van der Waals surface area contributed by atoms with Crippen molar-refractivity contribution in [2.24, 2.45) is 0 Å². The van der Waals surface area contributed by atoms with Crippen LogP contribution in [0.3, 0.4) is 0 Å². The van der Waals surface area contributed by atoms with Gasteiger partial charge in [0.2, 0.25) is 11.8 Å². The number of pyridine rings is 2. The fourth-order valence-corrected chi connectivity index (χ4v) is 7.18. The molecule has 2 fully saturated rings. The van der Waals surface area contributed by atoms with Crippen LogP contribution in [0.1, 0.15) is 55.0 Å². The third-order valence-corrected chi connectivity index (χ3v) is 10.3. The number of benzene rings is 2. The number of aromatic nitrogens is 2. The van der Waals surface area contributed by atoms with Crippen LogP contribution in [0.15, 0.2) is 61.1 Å². The smallest absolute Gasteiger partial charge is 0.419 e. The highest BCUT2D eigenvalue weighted by Gasteiger charge is 2.45. The number of carbonyl (C=O) groups excluding carboxylic acids is 5. The number of halogens is 4. The quantitative estimate of drug-likeness (QED) is 0.125. The van der Waals surface area contributed by atoms with Crippen LogP contribution in [-0.2, 0) is 22.2 Å². The monoisotopic (exact) mass is 803 g/mol. The number of methoxy groups -OCH3 is 1. The van der Waals surface area contributed by atoms with Crippen molar-refractivity contribution in [1.29, 1.82) is 0 Å². The summed E-state index contributed by atoms with van der Waals surface area (Å²) in [6.45, 7) is 2.89. The lowest BCUT2D eigenvalue weighted by molar-refractivity contribution is -0.137. The molecule has 58 heavy (non-hydrogen) atoms. The second-order valence-corrected chi connectivity index (χ2v) is 13.8. The lowest BCUT2D eigenvalue weighted by Crippen LogP contribution is -2.54. The maximum atomic E-state index is 15.6. The molecule has 5 heterocycles. The summed E-state index contributed by atoms with van der Waals surface area (Å²) in [5.41, 5.74) is 0.181. The number of anilines is 5. The number of nitrogens with one attached hydrogen (secondary N) is 4. The fraction of sp³-hybridized carbons (Fsp3) is 0.308. The van der Waals surface area contributed by atoms with Crippen molar-refractivity contribution < 1.29 is 46.3 Å². The molecule has 0 bridgehead atoms. The first-order chi connectivity index (χ1) is 27.7. The van der Waals surface area contributed by atoms with Gasteiger partial charge in [-0.2, -0.15) is 13.2 Å². The fourth-order valence-electron chi connectivity index (χ4n) is 7.18. The number of piperazine rings is 1. The van der Waals surface area contributed by atoms with Crippen LogP contribution in [0, 0.1) is 5.82 Å². The van der Waals surface area contributed by atoms with Crippen LogP contribution < -0.4 is 30.9 Å². The van der Waals surface area contributed by atoms with Gasteiger partial charge in [-0.15, -0.1) is 0 Å². The van der Waals surface area contributed by atoms with Crippen LogP contribution in [-0.4, -0.2) is 102 Å². The van der Waals surface area contributed by atoms with Crippen molar-refractivity contribution in [1.82, 2.24) is 30.4 Å². The Morgan fingerprint density at radius 2 is 1.69 bits per heavy atom. The van der Waals surface area contributed by atoms with Gasteiger partial charge in [-0.25, -0.2) is 9.37 Å². The maximum Gasteiger partial charge on any atom is 0.419 e. The molecule has 0 aliphatic carbocycles. The molecule has 0 saturated carbocycles. The molecule has 5 amide bonds. The van der Waals surface area contributed by atoms with E-state index in [-0.39, 0.29) is 52.5 Å². The first-order valence-corrected chi connectivity index (χ1v) is 18.2. The molecule has 302 valence electrons. The van der Waals surface area contributed by atoms with Gasteiger partial charge in [0, 0.05) is 76.4 Å². The number of imide groups is 2. The summed E-state index contributed by atoms with van der Waals surface area (Å²) in [6.07, 6.45) is -1.20. The van der Waals surface area contributed by atoms with Gasteiger partial charge < -0.3 is 25.6 Å². The van der Waals surface area contributed by atoms with E-state index in [4.69, 9.17) is 4.74 Å². The van der Waals surface area contributed by atoms with E-state index in [1.807, 2.05) is 0 Å². The zero-order valence-electron chi connectivity index (χ0n) is 31.2. The van der Waals surface area contributed by atoms with Gasteiger partial charge in [0.15, 0.2) is 0 Å². The van der Waals surface area contributed by atoms with E-state index in [0.29, 0.717) is 50.9 Å². The minimum absolute atomic E-state index is 0.0244. The van der Waals surface area contributed by atoms with Crippen molar-refractivity contribution in [3.63, 3.8) is 0 Å². The Morgan fingerprint density at radius 1 is 0.931 bits per heavy atom. The number of carbonyl (C=O) groups is 5. The molecular formula is C39H37F4N9O6. The van der Waals surface area contributed by atoms with Gasteiger partial charge in [-0.3, -0.25) is 44.1 Å². The molecule has 3 aliphatic heterocycles. The van der Waals surface area contributed by atoms with E-state index in [1.54, 1.807) is 18.2 Å². The first-order valence-electron chi connectivity index (χ1n) is 18.2. The molecule has 4 N–H and O–H groups in total. The second kappa shape index (κ2) is 16.1. The predicted molar refractivity (Wildman–Crippen MR) is 202 cm³/mol. The molecular weight excluding hydrogens is 766 g/mol. The van der Waals surface area contributed by atoms with Gasteiger partial charge in [0.1, 0.15) is 23.4 Å². The van der Waals surface area contributed by atoms with Crippen molar-refractivity contribution in [2.75, 3.05) is 62.4 Å². The molecule has 1 unspecified atom stereocenters. The molecule has 0 radical (unpaired) electrons. The number of amides is 5. The van der Waals surface area contributed by atoms with Crippen molar-refractivity contribution >= 4 is 58.1 Å². The lowest BCUT2D eigenvalue weighted by Gasteiger charge is -2.36. The number of rotatable bonds is 11. The van der Waals surface area contributed by atoms with E-state index in [9.17, 15) is 37.1 Å². The highest BCUT2D eigenvalue weighted by molar-refractivity contribution is 6.23. The summed E-state index contributed by atoms with van der Waals surface area (Å²) >= 11 is 0. The third kappa shape index (κ3) is 7.97. The second-order valence-electron chi connectivity index (χ2n) is 13.8. The first kappa shape index (κ1) is 39.6. The van der Waals surface area contributed by atoms with Gasteiger partial charge in [-0.05, 0) is 48.7 Å². The van der Waals surface area contributed by atoms with Crippen LogP contribution in [0.4, 0.5) is 46.1 Å². The Hall–Kier alpha value is -6.63. The SMILES string of the molecule is CNC(=O)c1ccncc1Nc1cc(Nc2cc(F)c(CCN3CCN(c4ccc5c(c4)C(=O)N(C4CCC(=O)NC4=O)C5=O)CC3)cc2OC)ncc1C(F)(F)F. The molecule has 15 nitrogen and oxygen atoms in total. The number of piperidine rings is 1. The molecule has 19 heteroatoms. The minimum atomic E-state index is -4.80. The van der Waals surface area contributed by atoms with E-state index in [1.165, 1.54) is 44.8 Å². The summed E-state index contributed by atoms with van der Waals surface area (Å²) in [6, 6.07) is 9.08. The van der Waals surface area contributed by atoms with Crippen LogP contribution in [0.25, 0.3) is 0 Å². The largest absolute Gasteiger partial charge is 0.495 e. The van der Waals surface area contributed by atoms with E-state index >= 15 is 4.39 Å². The Morgan fingerprint density at radius 3 is 2.40 bits per heavy atom. The van der Waals surface area contributed by atoms with Gasteiger partial charge in [-0.1, -0.05) is 0 Å².